The van der Waals surface area contributed by atoms with E-state index >= 15 is 0 Å². The van der Waals surface area contributed by atoms with Crippen molar-refractivity contribution >= 4 is 24.0 Å². The third-order valence-corrected chi connectivity index (χ3v) is 1.04. The van der Waals surface area contributed by atoms with Crippen molar-refractivity contribution in [2.45, 2.75) is 0 Å². The van der Waals surface area contributed by atoms with E-state index in [9.17, 15) is 0 Å². The van der Waals surface area contributed by atoms with Gasteiger partial charge in [-0.15, -0.1) is 24.0 Å². The molecule has 0 aromatic carbocycles. The van der Waals surface area contributed by atoms with Crippen molar-refractivity contribution in [2.75, 3.05) is 0 Å². The van der Waals surface area contributed by atoms with Crippen LogP contribution in [0.25, 0.3) is 0 Å². The number of pyridine rings is 1. The molecule has 0 aliphatic heterocycles. The maximum Gasteiger partial charge on any atom is 0.0451 e. The Bertz CT molecular complexity index is 190. The van der Waals surface area contributed by atoms with Crippen LogP contribution < -0.4 is 0 Å². The average molecular weight is 287 g/mol. The Morgan fingerprint density at radius 2 is 0.846 bits per heavy atom. The van der Waals surface area contributed by atoms with Gasteiger partial charge < -0.3 is 0 Å². The van der Waals surface area contributed by atoms with Crippen LogP contribution in [0.15, 0.2) is 55.4 Å². The van der Waals surface area contributed by atoms with Crippen molar-refractivity contribution in [1.29, 1.82) is 0 Å². The van der Waals surface area contributed by atoms with Gasteiger partial charge in [-0.1, -0.05) is 6.07 Å². The Hall–Kier alpha value is -1.04. The lowest BCUT2D eigenvalue weighted by atomic mass is 10.5. The molecule has 0 radical (unpaired) electrons. The quantitative estimate of drug-likeness (QED) is 0.697. The SMILES string of the molecule is I.c1ccncc1.c1cnccn1. The molecule has 0 saturated heterocycles. The molecular weight excluding hydrogens is 277 g/mol. The fraction of sp³-hybridized carbons (Fsp3) is 0. The van der Waals surface area contributed by atoms with Crippen molar-refractivity contribution in [3.8, 4) is 0 Å². The molecule has 0 aliphatic carbocycles. The lowest BCUT2D eigenvalue weighted by molar-refractivity contribution is 1.20. The predicted octanol–water partition coefficient (Wildman–Crippen LogP) is 2.18. The van der Waals surface area contributed by atoms with Crippen molar-refractivity contribution in [1.82, 2.24) is 15.0 Å². The molecule has 2 aromatic heterocycles. The first-order valence-electron chi connectivity index (χ1n) is 3.55. The van der Waals surface area contributed by atoms with Crippen LogP contribution in [-0.2, 0) is 0 Å². The standard InChI is InChI=1S/C5H5N.C4H4N2.HI/c1-2-4-6-5-3-1;1-2-6-4-3-5-1;/h1-5H;1-4H;1H. The summed E-state index contributed by atoms with van der Waals surface area (Å²) in [7, 11) is 0. The third-order valence-electron chi connectivity index (χ3n) is 1.04. The molecule has 0 amide bonds. The Kier molecular flexibility index (Phi) is 8.33. The molecule has 0 aliphatic rings. The highest BCUT2D eigenvalue weighted by Gasteiger charge is 1.59. The maximum absolute atomic E-state index is 3.78. The smallest absolute Gasteiger partial charge is 0.0451 e. The highest BCUT2D eigenvalue weighted by molar-refractivity contribution is 14.0. The first-order chi connectivity index (χ1) is 6.00. The Morgan fingerprint density at radius 3 is 1.00 bits per heavy atom. The van der Waals surface area contributed by atoms with E-state index in [-0.39, 0.29) is 24.0 Å². The second-order valence-electron chi connectivity index (χ2n) is 1.92. The minimum atomic E-state index is 0. The number of nitrogens with zero attached hydrogens (tertiary/aromatic N) is 3. The summed E-state index contributed by atoms with van der Waals surface area (Å²) in [5.41, 5.74) is 0. The van der Waals surface area contributed by atoms with Gasteiger partial charge in [0.2, 0.25) is 0 Å². The van der Waals surface area contributed by atoms with E-state index in [0.717, 1.165) is 0 Å². The second-order valence-corrected chi connectivity index (χ2v) is 1.92. The summed E-state index contributed by atoms with van der Waals surface area (Å²) in [6.07, 6.45) is 10.1. The molecule has 0 bridgehead atoms. The minimum absolute atomic E-state index is 0. The van der Waals surface area contributed by atoms with Gasteiger partial charge in [0, 0.05) is 37.2 Å². The normalized spacial score (nSPS) is 7.38. The summed E-state index contributed by atoms with van der Waals surface area (Å²) in [5.74, 6) is 0. The topological polar surface area (TPSA) is 38.7 Å². The largest absolute Gasteiger partial charge is 0.265 e. The van der Waals surface area contributed by atoms with Crippen molar-refractivity contribution in [3.63, 3.8) is 0 Å². The molecule has 2 aromatic rings. The van der Waals surface area contributed by atoms with Gasteiger partial charge in [-0.25, -0.2) is 0 Å². The number of rotatable bonds is 0. The van der Waals surface area contributed by atoms with Gasteiger partial charge in [-0.3, -0.25) is 15.0 Å². The van der Waals surface area contributed by atoms with E-state index in [1.165, 1.54) is 0 Å². The molecule has 0 saturated carbocycles. The van der Waals surface area contributed by atoms with Crippen LogP contribution in [0, 0.1) is 0 Å². The second kappa shape index (κ2) is 9.05. The molecule has 0 fully saturated rings. The molecule has 0 atom stereocenters. The number of aromatic nitrogens is 3. The summed E-state index contributed by atoms with van der Waals surface area (Å²) in [4.78, 5) is 11.2. The molecule has 4 heteroatoms. The maximum atomic E-state index is 3.78. The number of halogens is 1. The van der Waals surface area contributed by atoms with Crippen molar-refractivity contribution in [2.24, 2.45) is 0 Å². The monoisotopic (exact) mass is 287 g/mol. The lowest BCUT2D eigenvalue weighted by Crippen LogP contribution is -1.66. The number of hydrogen-bond donors (Lipinski definition) is 0. The van der Waals surface area contributed by atoms with Gasteiger partial charge in [0.25, 0.3) is 0 Å². The molecule has 3 nitrogen and oxygen atoms in total. The molecule has 2 rings (SSSR count). The fourth-order valence-corrected chi connectivity index (χ4v) is 0.566. The third kappa shape index (κ3) is 7.32. The van der Waals surface area contributed by atoms with E-state index in [4.69, 9.17) is 0 Å². The van der Waals surface area contributed by atoms with Gasteiger partial charge in [0.05, 0.1) is 0 Å². The highest BCUT2D eigenvalue weighted by Crippen LogP contribution is 1.73. The highest BCUT2D eigenvalue weighted by atomic mass is 127. The van der Waals surface area contributed by atoms with Crippen LogP contribution in [0.4, 0.5) is 0 Å². The van der Waals surface area contributed by atoms with Crippen LogP contribution >= 0.6 is 24.0 Å². The fourth-order valence-electron chi connectivity index (χ4n) is 0.566. The van der Waals surface area contributed by atoms with E-state index in [0.29, 0.717) is 0 Å². The number of hydrogen-bond acceptors (Lipinski definition) is 3. The van der Waals surface area contributed by atoms with E-state index in [1.54, 1.807) is 37.2 Å². The van der Waals surface area contributed by atoms with E-state index < -0.39 is 0 Å². The zero-order chi connectivity index (χ0) is 8.49. The summed E-state index contributed by atoms with van der Waals surface area (Å²) in [5, 5.41) is 0. The predicted molar refractivity (Wildman–Crippen MR) is 61.7 cm³/mol. The Morgan fingerprint density at radius 1 is 0.462 bits per heavy atom. The van der Waals surface area contributed by atoms with Gasteiger partial charge in [0.1, 0.15) is 0 Å². The van der Waals surface area contributed by atoms with Gasteiger partial charge in [-0.05, 0) is 12.1 Å². The van der Waals surface area contributed by atoms with Crippen LogP contribution in [0.5, 0.6) is 0 Å². The molecule has 13 heavy (non-hydrogen) atoms. The molecule has 0 unspecified atom stereocenters. The van der Waals surface area contributed by atoms with Crippen LogP contribution in [0.1, 0.15) is 0 Å². The summed E-state index contributed by atoms with van der Waals surface area (Å²) in [6, 6.07) is 5.72. The van der Waals surface area contributed by atoms with Crippen molar-refractivity contribution in [3.05, 3.63) is 55.4 Å². The van der Waals surface area contributed by atoms with E-state index in [2.05, 4.69) is 15.0 Å². The van der Waals surface area contributed by atoms with Gasteiger partial charge >= 0.3 is 0 Å². The Balaban J connectivity index is 0.000000206. The van der Waals surface area contributed by atoms with Crippen molar-refractivity contribution < 1.29 is 0 Å². The zero-order valence-corrected chi connectivity index (χ0v) is 9.28. The molecule has 0 N–H and O–H groups in total. The van der Waals surface area contributed by atoms with Crippen LogP contribution in [-0.4, -0.2) is 15.0 Å². The first kappa shape index (κ1) is 12.0. The molecular formula is C9H10IN3. The van der Waals surface area contributed by atoms with Crippen LogP contribution in [0.3, 0.4) is 0 Å². The summed E-state index contributed by atoms with van der Waals surface area (Å²) >= 11 is 0. The molecule has 2 heterocycles. The zero-order valence-electron chi connectivity index (χ0n) is 6.95. The minimum Gasteiger partial charge on any atom is -0.265 e. The van der Waals surface area contributed by atoms with E-state index in [1.807, 2.05) is 18.2 Å². The molecule has 68 valence electrons. The summed E-state index contributed by atoms with van der Waals surface area (Å²) < 4.78 is 0. The van der Waals surface area contributed by atoms with Gasteiger partial charge in [-0.2, -0.15) is 0 Å². The average Bonchev–Trinajstić information content (AvgIpc) is 2.24. The molecule has 0 spiro atoms. The van der Waals surface area contributed by atoms with Gasteiger partial charge in [0.15, 0.2) is 0 Å². The Labute approximate surface area is 94.3 Å². The van der Waals surface area contributed by atoms with Crippen LogP contribution in [0.2, 0.25) is 0 Å². The first-order valence-corrected chi connectivity index (χ1v) is 3.55. The lowest BCUT2D eigenvalue weighted by Gasteiger charge is -1.70. The summed E-state index contributed by atoms with van der Waals surface area (Å²) in [6.45, 7) is 0.